The van der Waals surface area contributed by atoms with E-state index < -0.39 is 0 Å². The van der Waals surface area contributed by atoms with Gasteiger partial charge in [0.2, 0.25) is 5.91 Å². The van der Waals surface area contributed by atoms with Gasteiger partial charge in [-0.15, -0.1) is 0 Å². The van der Waals surface area contributed by atoms with Crippen LogP contribution in [-0.4, -0.2) is 30.4 Å². The molecule has 0 aromatic rings. The molecule has 2 N–H and O–H groups in total. The summed E-state index contributed by atoms with van der Waals surface area (Å²) >= 11 is 0. The molecule has 0 saturated carbocycles. The summed E-state index contributed by atoms with van der Waals surface area (Å²) < 4.78 is 0. The van der Waals surface area contributed by atoms with Crippen molar-refractivity contribution in [2.45, 2.75) is 48.0 Å². The maximum absolute atomic E-state index is 12.4. The molecule has 0 aliphatic rings. The van der Waals surface area contributed by atoms with Crippen LogP contribution in [0.3, 0.4) is 0 Å². The summed E-state index contributed by atoms with van der Waals surface area (Å²) in [6, 6.07) is 0. The minimum atomic E-state index is 0.00152. The lowest BCUT2D eigenvalue weighted by atomic mass is 9.91. The Labute approximate surface area is 107 Å². The summed E-state index contributed by atoms with van der Waals surface area (Å²) in [7, 11) is 0. The van der Waals surface area contributed by atoms with Gasteiger partial charge in [0.25, 0.3) is 0 Å². The zero-order chi connectivity index (χ0) is 13.6. The molecule has 0 heterocycles. The third-order valence-corrected chi connectivity index (χ3v) is 3.37. The number of carbonyl (C=O) groups is 1. The van der Waals surface area contributed by atoms with E-state index in [0.29, 0.717) is 12.5 Å². The topological polar surface area (TPSA) is 46.3 Å². The second-order valence-electron chi connectivity index (χ2n) is 6.16. The van der Waals surface area contributed by atoms with Crippen molar-refractivity contribution in [1.29, 1.82) is 0 Å². The third-order valence-electron chi connectivity index (χ3n) is 3.37. The van der Waals surface area contributed by atoms with E-state index in [-0.39, 0.29) is 17.2 Å². The molecule has 0 aromatic heterocycles. The van der Waals surface area contributed by atoms with Crippen molar-refractivity contribution in [1.82, 2.24) is 4.90 Å². The van der Waals surface area contributed by atoms with E-state index in [0.717, 1.165) is 19.5 Å². The van der Waals surface area contributed by atoms with Crippen LogP contribution in [0, 0.1) is 17.3 Å². The normalized spacial score (nSPS) is 13.9. The van der Waals surface area contributed by atoms with E-state index in [4.69, 9.17) is 5.73 Å². The SMILES string of the molecule is CCCN(CC(C)(C)CN)C(=O)C(C)C(C)C. The number of hydrogen-bond acceptors (Lipinski definition) is 2. The second kappa shape index (κ2) is 7.00. The standard InChI is InChI=1S/C14H30N2O/c1-7-8-16(10-14(5,6)9-15)13(17)12(4)11(2)3/h11-12H,7-10,15H2,1-6H3. The number of carbonyl (C=O) groups excluding carboxylic acids is 1. The average Bonchev–Trinajstić information content (AvgIpc) is 2.26. The van der Waals surface area contributed by atoms with Gasteiger partial charge in [0.15, 0.2) is 0 Å². The molecule has 0 aromatic carbocycles. The van der Waals surface area contributed by atoms with Crippen LogP contribution in [0.5, 0.6) is 0 Å². The highest BCUT2D eigenvalue weighted by molar-refractivity contribution is 5.78. The molecule has 17 heavy (non-hydrogen) atoms. The van der Waals surface area contributed by atoms with E-state index in [2.05, 4.69) is 34.6 Å². The van der Waals surface area contributed by atoms with Crippen LogP contribution in [0.15, 0.2) is 0 Å². The van der Waals surface area contributed by atoms with Crippen molar-refractivity contribution in [2.24, 2.45) is 23.0 Å². The lowest BCUT2D eigenvalue weighted by Gasteiger charge is -2.34. The highest BCUT2D eigenvalue weighted by atomic mass is 16.2. The smallest absolute Gasteiger partial charge is 0.225 e. The van der Waals surface area contributed by atoms with Gasteiger partial charge in [0.1, 0.15) is 0 Å². The highest BCUT2D eigenvalue weighted by Gasteiger charge is 2.27. The van der Waals surface area contributed by atoms with Crippen molar-refractivity contribution in [3.05, 3.63) is 0 Å². The Bertz CT molecular complexity index is 236. The van der Waals surface area contributed by atoms with Crippen LogP contribution in [0.1, 0.15) is 48.0 Å². The van der Waals surface area contributed by atoms with Gasteiger partial charge in [0, 0.05) is 19.0 Å². The molecule has 1 amide bonds. The first kappa shape index (κ1) is 16.4. The molecular weight excluding hydrogens is 212 g/mol. The third kappa shape index (κ3) is 5.53. The Balaban J connectivity index is 4.68. The van der Waals surface area contributed by atoms with Gasteiger partial charge >= 0.3 is 0 Å². The zero-order valence-corrected chi connectivity index (χ0v) is 12.4. The predicted molar refractivity (Wildman–Crippen MR) is 73.7 cm³/mol. The number of amides is 1. The molecule has 102 valence electrons. The first-order valence-corrected chi connectivity index (χ1v) is 6.74. The van der Waals surface area contributed by atoms with Gasteiger partial charge in [-0.25, -0.2) is 0 Å². The first-order valence-electron chi connectivity index (χ1n) is 6.74. The monoisotopic (exact) mass is 242 g/mol. The molecule has 3 heteroatoms. The minimum Gasteiger partial charge on any atom is -0.342 e. The second-order valence-corrected chi connectivity index (χ2v) is 6.16. The lowest BCUT2D eigenvalue weighted by molar-refractivity contribution is -0.137. The summed E-state index contributed by atoms with van der Waals surface area (Å²) in [6.45, 7) is 14.7. The number of nitrogens with zero attached hydrogens (tertiary/aromatic N) is 1. The molecule has 0 aliphatic heterocycles. The summed E-state index contributed by atoms with van der Waals surface area (Å²) in [5, 5.41) is 0. The van der Waals surface area contributed by atoms with Crippen molar-refractivity contribution >= 4 is 5.91 Å². The Kier molecular flexibility index (Phi) is 6.76. The molecule has 0 radical (unpaired) electrons. The fourth-order valence-corrected chi connectivity index (χ4v) is 1.69. The molecular formula is C14H30N2O. The number of nitrogens with two attached hydrogens (primary N) is 1. The van der Waals surface area contributed by atoms with E-state index >= 15 is 0 Å². The Morgan fingerprint density at radius 1 is 1.29 bits per heavy atom. The van der Waals surface area contributed by atoms with Crippen LogP contribution in [0.4, 0.5) is 0 Å². The van der Waals surface area contributed by atoms with Crippen molar-refractivity contribution in [3.8, 4) is 0 Å². The van der Waals surface area contributed by atoms with Gasteiger partial charge in [-0.2, -0.15) is 0 Å². The molecule has 1 atom stereocenters. The molecule has 1 unspecified atom stereocenters. The Morgan fingerprint density at radius 2 is 1.82 bits per heavy atom. The zero-order valence-electron chi connectivity index (χ0n) is 12.4. The largest absolute Gasteiger partial charge is 0.342 e. The van der Waals surface area contributed by atoms with Crippen molar-refractivity contribution in [3.63, 3.8) is 0 Å². The highest BCUT2D eigenvalue weighted by Crippen LogP contribution is 2.19. The number of rotatable bonds is 7. The van der Waals surface area contributed by atoms with E-state index in [1.807, 2.05) is 11.8 Å². The summed E-state index contributed by atoms with van der Waals surface area (Å²) in [4.78, 5) is 14.3. The van der Waals surface area contributed by atoms with Crippen molar-refractivity contribution in [2.75, 3.05) is 19.6 Å². The number of hydrogen-bond donors (Lipinski definition) is 1. The quantitative estimate of drug-likeness (QED) is 0.745. The molecule has 3 nitrogen and oxygen atoms in total. The van der Waals surface area contributed by atoms with Gasteiger partial charge in [0.05, 0.1) is 0 Å². The summed E-state index contributed by atoms with van der Waals surface area (Å²) in [5.41, 5.74) is 5.75. The van der Waals surface area contributed by atoms with Crippen LogP contribution in [0.25, 0.3) is 0 Å². The summed E-state index contributed by atoms with van der Waals surface area (Å²) in [5.74, 6) is 0.751. The van der Waals surface area contributed by atoms with E-state index in [1.54, 1.807) is 0 Å². The van der Waals surface area contributed by atoms with Crippen LogP contribution in [0.2, 0.25) is 0 Å². The molecule has 0 saturated heterocycles. The van der Waals surface area contributed by atoms with Gasteiger partial charge in [-0.1, -0.05) is 41.5 Å². The molecule has 0 aliphatic carbocycles. The van der Waals surface area contributed by atoms with E-state index in [9.17, 15) is 4.79 Å². The fraction of sp³-hybridized carbons (Fsp3) is 0.929. The molecule has 0 rings (SSSR count). The van der Waals surface area contributed by atoms with Gasteiger partial charge in [-0.05, 0) is 24.3 Å². The lowest BCUT2D eigenvalue weighted by Crippen LogP contribution is -2.45. The van der Waals surface area contributed by atoms with Gasteiger partial charge in [-0.3, -0.25) is 4.79 Å². The Morgan fingerprint density at radius 3 is 2.18 bits per heavy atom. The first-order chi connectivity index (χ1) is 7.75. The Hall–Kier alpha value is -0.570. The van der Waals surface area contributed by atoms with Crippen LogP contribution < -0.4 is 5.73 Å². The minimum absolute atomic E-state index is 0.00152. The molecule has 0 bridgehead atoms. The average molecular weight is 242 g/mol. The molecule has 0 fully saturated rings. The van der Waals surface area contributed by atoms with Gasteiger partial charge < -0.3 is 10.6 Å². The fourth-order valence-electron chi connectivity index (χ4n) is 1.69. The van der Waals surface area contributed by atoms with Crippen LogP contribution in [-0.2, 0) is 4.79 Å². The summed E-state index contributed by atoms with van der Waals surface area (Å²) in [6.07, 6.45) is 0.997. The van der Waals surface area contributed by atoms with Crippen LogP contribution >= 0.6 is 0 Å². The molecule has 0 spiro atoms. The predicted octanol–water partition coefficient (Wildman–Crippen LogP) is 2.50. The maximum Gasteiger partial charge on any atom is 0.225 e. The maximum atomic E-state index is 12.4. The van der Waals surface area contributed by atoms with Crippen molar-refractivity contribution < 1.29 is 4.79 Å². The van der Waals surface area contributed by atoms with E-state index in [1.165, 1.54) is 0 Å².